The summed E-state index contributed by atoms with van der Waals surface area (Å²) in [4.78, 5) is 23.6. The minimum atomic E-state index is -3.64. The molecule has 0 saturated carbocycles. The van der Waals surface area contributed by atoms with Gasteiger partial charge in [-0.25, -0.2) is 21.9 Å². The Morgan fingerprint density at radius 2 is 1.86 bits per heavy atom. The number of sulfonamides is 1. The van der Waals surface area contributed by atoms with Crippen molar-refractivity contribution in [1.82, 2.24) is 4.31 Å². The second-order valence-electron chi connectivity index (χ2n) is 5.83. The Bertz CT molecular complexity index is 1000. The Labute approximate surface area is 162 Å². The fourth-order valence-corrected chi connectivity index (χ4v) is 3.04. The van der Waals surface area contributed by atoms with Crippen LogP contribution in [-0.4, -0.2) is 45.3 Å². The van der Waals surface area contributed by atoms with Crippen molar-refractivity contribution in [2.45, 2.75) is 4.90 Å². The van der Waals surface area contributed by atoms with Crippen LogP contribution in [0.5, 0.6) is 0 Å². The smallest absolute Gasteiger partial charge is 0.331 e. The molecule has 0 atom stereocenters. The van der Waals surface area contributed by atoms with Crippen molar-refractivity contribution < 1.29 is 27.1 Å². The molecule has 9 heteroatoms. The monoisotopic (exact) mass is 406 g/mol. The molecule has 0 aliphatic heterocycles. The number of anilines is 1. The zero-order chi connectivity index (χ0) is 20.7. The predicted octanol–water partition coefficient (Wildman–Crippen LogP) is 2.27. The number of benzene rings is 2. The number of rotatable bonds is 7. The lowest BCUT2D eigenvalue weighted by molar-refractivity contribution is -0.142. The summed E-state index contributed by atoms with van der Waals surface area (Å²) in [6, 6.07) is 11.6. The first-order chi connectivity index (χ1) is 13.2. The molecular weight excluding hydrogens is 387 g/mol. The maximum Gasteiger partial charge on any atom is 0.331 e. The van der Waals surface area contributed by atoms with Gasteiger partial charge in [-0.15, -0.1) is 0 Å². The molecule has 148 valence electrons. The number of ether oxygens (including phenoxy) is 1. The number of amides is 1. The number of hydrogen-bond acceptors (Lipinski definition) is 5. The van der Waals surface area contributed by atoms with Gasteiger partial charge in [-0.3, -0.25) is 4.79 Å². The van der Waals surface area contributed by atoms with Gasteiger partial charge in [0.25, 0.3) is 5.91 Å². The van der Waals surface area contributed by atoms with Crippen LogP contribution in [-0.2, 0) is 24.3 Å². The fourth-order valence-electron chi connectivity index (χ4n) is 2.10. The molecule has 2 aromatic carbocycles. The van der Waals surface area contributed by atoms with Crippen LogP contribution < -0.4 is 5.32 Å². The van der Waals surface area contributed by atoms with Crippen LogP contribution >= 0.6 is 0 Å². The van der Waals surface area contributed by atoms with Crippen molar-refractivity contribution in [2.75, 3.05) is 26.0 Å². The molecule has 1 amide bonds. The zero-order valence-electron chi connectivity index (χ0n) is 15.3. The fraction of sp³-hybridized carbons (Fsp3) is 0.158. The molecule has 2 rings (SSSR count). The maximum atomic E-state index is 13.4. The van der Waals surface area contributed by atoms with E-state index in [0.29, 0.717) is 0 Å². The largest absolute Gasteiger partial charge is 0.452 e. The standard InChI is InChI=1S/C19H19FN2O5S/c1-22(2)28(25,26)16-8-5-7-15(12-16)21-18(23)13-27-19(24)11-10-14-6-3-4-9-17(14)20/h3-12H,13H2,1-2H3,(H,21,23)/b11-10+. The van der Waals surface area contributed by atoms with E-state index in [0.717, 1.165) is 10.4 Å². The second-order valence-corrected chi connectivity index (χ2v) is 7.98. The molecule has 0 spiro atoms. The zero-order valence-corrected chi connectivity index (χ0v) is 16.1. The van der Waals surface area contributed by atoms with Gasteiger partial charge in [0.15, 0.2) is 6.61 Å². The summed E-state index contributed by atoms with van der Waals surface area (Å²) < 4.78 is 43.5. The van der Waals surface area contributed by atoms with Crippen molar-refractivity contribution in [3.05, 3.63) is 66.0 Å². The average Bonchev–Trinajstić information content (AvgIpc) is 2.66. The van der Waals surface area contributed by atoms with Gasteiger partial charge in [0.1, 0.15) is 5.82 Å². The highest BCUT2D eigenvalue weighted by molar-refractivity contribution is 7.89. The van der Waals surface area contributed by atoms with Crippen LogP contribution in [0.1, 0.15) is 5.56 Å². The molecule has 0 aliphatic carbocycles. The highest BCUT2D eigenvalue weighted by atomic mass is 32.2. The Kier molecular flexibility index (Phi) is 7.02. The molecule has 7 nitrogen and oxygen atoms in total. The van der Waals surface area contributed by atoms with E-state index in [9.17, 15) is 22.4 Å². The number of halogens is 1. The predicted molar refractivity (Wildman–Crippen MR) is 102 cm³/mol. The number of nitrogens with zero attached hydrogens (tertiary/aromatic N) is 1. The molecule has 0 unspecified atom stereocenters. The first-order valence-electron chi connectivity index (χ1n) is 8.12. The number of carbonyl (C=O) groups excluding carboxylic acids is 2. The molecular formula is C19H19FN2O5S. The third-order valence-corrected chi connectivity index (χ3v) is 5.36. The third kappa shape index (κ3) is 5.73. The van der Waals surface area contributed by atoms with E-state index in [1.165, 1.54) is 62.6 Å². The van der Waals surface area contributed by atoms with E-state index in [-0.39, 0.29) is 16.1 Å². The van der Waals surface area contributed by atoms with Crippen LogP contribution in [0.25, 0.3) is 6.08 Å². The first-order valence-corrected chi connectivity index (χ1v) is 9.56. The summed E-state index contributed by atoms with van der Waals surface area (Å²) in [5.41, 5.74) is 0.452. The quantitative estimate of drug-likeness (QED) is 0.563. The van der Waals surface area contributed by atoms with Crippen LogP contribution in [0.2, 0.25) is 0 Å². The molecule has 0 radical (unpaired) electrons. The normalized spacial score (nSPS) is 11.6. The van der Waals surface area contributed by atoms with Crippen LogP contribution in [0.3, 0.4) is 0 Å². The first kappa shape index (κ1) is 21.3. The lowest BCUT2D eigenvalue weighted by Gasteiger charge is -2.12. The van der Waals surface area contributed by atoms with E-state index in [4.69, 9.17) is 4.74 Å². The highest BCUT2D eigenvalue weighted by Crippen LogP contribution is 2.18. The lowest BCUT2D eigenvalue weighted by Crippen LogP contribution is -2.23. The number of nitrogens with one attached hydrogen (secondary N) is 1. The summed E-state index contributed by atoms with van der Waals surface area (Å²) in [7, 11) is -0.846. The second kappa shape index (κ2) is 9.25. The van der Waals surface area contributed by atoms with Crippen LogP contribution in [0.4, 0.5) is 10.1 Å². The number of hydrogen-bond donors (Lipinski definition) is 1. The Morgan fingerprint density at radius 1 is 1.14 bits per heavy atom. The van der Waals surface area contributed by atoms with E-state index in [1.54, 1.807) is 6.07 Å². The van der Waals surface area contributed by atoms with Gasteiger partial charge in [-0.1, -0.05) is 24.3 Å². The highest BCUT2D eigenvalue weighted by Gasteiger charge is 2.17. The molecule has 0 fully saturated rings. The molecule has 2 aromatic rings. The summed E-state index contributed by atoms with van der Waals surface area (Å²) in [5, 5.41) is 2.45. The van der Waals surface area contributed by atoms with Crippen molar-refractivity contribution >= 4 is 33.7 Å². The van der Waals surface area contributed by atoms with E-state index < -0.39 is 34.3 Å². The summed E-state index contributed by atoms with van der Waals surface area (Å²) in [5.74, 6) is -1.95. The maximum absolute atomic E-state index is 13.4. The van der Waals surface area contributed by atoms with Gasteiger partial charge in [0.05, 0.1) is 4.90 Å². The minimum Gasteiger partial charge on any atom is -0.452 e. The molecule has 0 saturated heterocycles. The van der Waals surface area contributed by atoms with Gasteiger partial charge in [-0.2, -0.15) is 0 Å². The SMILES string of the molecule is CN(C)S(=O)(=O)c1cccc(NC(=O)COC(=O)/C=C/c2ccccc2F)c1. The van der Waals surface area contributed by atoms with E-state index in [1.807, 2.05) is 0 Å². The van der Waals surface area contributed by atoms with Crippen LogP contribution in [0.15, 0.2) is 59.5 Å². The van der Waals surface area contributed by atoms with Gasteiger partial charge in [0.2, 0.25) is 10.0 Å². The van der Waals surface area contributed by atoms with Crippen molar-refractivity contribution in [3.63, 3.8) is 0 Å². The molecule has 0 aromatic heterocycles. The third-order valence-electron chi connectivity index (χ3n) is 3.55. The Balaban J connectivity index is 1.92. The molecule has 1 N–H and O–H groups in total. The van der Waals surface area contributed by atoms with E-state index in [2.05, 4.69) is 5.32 Å². The van der Waals surface area contributed by atoms with Gasteiger partial charge >= 0.3 is 5.97 Å². The van der Waals surface area contributed by atoms with E-state index >= 15 is 0 Å². The van der Waals surface area contributed by atoms with Gasteiger partial charge < -0.3 is 10.1 Å². The number of carbonyl (C=O) groups is 2. The molecule has 28 heavy (non-hydrogen) atoms. The molecule has 0 aliphatic rings. The summed E-state index contributed by atoms with van der Waals surface area (Å²) >= 11 is 0. The topological polar surface area (TPSA) is 92.8 Å². The van der Waals surface area contributed by atoms with Crippen molar-refractivity contribution in [1.29, 1.82) is 0 Å². The van der Waals surface area contributed by atoms with Crippen LogP contribution in [0, 0.1) is 5.82 Å². The lowest BCUT2D eigenvalue weighted by atomic mass is 10.2. The molecule has 0 bridgehead atoms. The van der Waals surface area contributed by atoms with Crippen molar-refractivity contribution in [2.24, 2.45) is 0 Å². The summed E-state index contributed by atoms with van der Waals surface area (Å²) in [6.45, 7) is -0.578. The Hall–Kier alpha value is -3.04. The minimum absolute atomic E-state index is 0.0140. The van der Waals surface area contributed by atoms with Gasteiger partial charge in [0, 0.05) is 31.4 Å². The average molecular weight is 406 g/mol. The summed E-state index contributed by atoms with van der Waals surface area (Å²) in [6.07, 6.45) is 2.25. The van der Waals surface area contributed by atoms with Crippen molar-refractivity contribution in [3.8, 4) is 0 Å². The van der Waals surface area contributed by atoms with Gasteiger partial charge in [-0.05, 0) is 30.3 Å². The Morgan fingerprint density at radius 3 is 2.54 bits per heavy atom. The number of esters is 1. The molecule has 0 heterocycles.